The van der Waals surface area contributed by atoms with E-state index in [0.29, 0.717) is 36.1 Å². The average Bonchev–Trinajstić information content (AvgIpc) is 2.93. The zero-order valence-corrected chi connectivity index (χ0v) is 12.5. The van der Waals surface area contributed by atoms with Gasteiger partial charge < -0.3 is 9.64 Å². The van der Waals surface area contributed by atoms with Gasteiger partial charge >= 0.3 is 0 Å². The lowest BCUT2D eigenvalue weighted by atomic mass is 10.3. The molecular weight excluding hydrogens is 302 g/mol. The van der Waals surface area contributed by atoms with E-state index in [1.54, 1.807) is 9.30 Å². The largest absolute Gasteiger partial charge is 0.378 e. The van der Waals surface area contributed by atoms with E-state index in [1.165, 1.54) is 17.4 Å². The van der Waals surface area contributed by atoms with E-state index in [0.717, 1.165) is 11.0 Å². The number of morpholine rings is 1. The highest BCUT2D eigenvalue weighted by atomic mass is 32.1. The molecule has 3 aromatic rings. The molecule has 0 radical (unpaired) electrons. The lowest BCUT2D eigenvalue weighted by Gasteiger charge is -2.26. The van der Waals surface area contributed by atoms with Crippen LogP contribution in [0.2, 0.25) is 0 Å². The summed E-state index contributed by atoms with van der Waals surface area (Å²) in [6.07, 6.45) is 0. The van der Waals surface area contributed by atoms with Crippen molar-refractivity contribution in [1.29, 1.82) is 0 Å². The van der Waals surface area contributed by atoms with Crippen molar-refractivity contribution in [3.8, 4) is 0 Å². The molecule has 1 aliphatic rings. The maximum atomic E-state index is 12.5. The standard InChI is InChI=1S/C15H13N3O3S/c19-13-9-12(14(20)17-5-7-21-8-6-17)22-15-16-10-3-1-2-4-11(10)18(13)15/h1-4,9H,5-8H2. The molecule has 0 spiro atoms. The molecule has 1 aliphatic heterocycles. The fourth-order valence-electron chi connectivity index (χ4n) is 2.62. The molecule has 3 heterocycles. The molecule has 0 atom stereocenters. The van der Waals surface area contributed by atoms with Gasteiger partial charge in [0, 0.05) is 19.2 Å². The van der Waals surface area contributed by atoms with Crippen molar-refractivity contribution in [2.24, 2.45) is 0 Å². The molecule has 0 saturated carbocycles. The Morgan fingerprint density at radius 3 is 2.82 bits per heavy atom. The number of hydrogen-bond acceptors (Lipinski definition) is 5. The highest BCUT2D eigenvalue weighted by Crippen LogP contribution is 2.20. The predicted molar refractivity (Wildman–Crippen MR) is 83.6 cm³/mol. The quantitative estimate of drug-likeness (QED) is 0.680. The van der Waals surface area contributed by atoms with E-state index in [9.17, 15) is 9.59 Å². The second-order valence-corrected chi connectivity index (χ2v) is 6.08. The SMILES string of the molecule is O=C(c1cc(=O)n2c(nc3ccccc32)s1)N1CCOCC1. The summed E-state index contributed by atoms with van der Waals surface area (Å²) in [5.74, 6) is -0.125. The number of amides is 1. The number of nitrogens with zero attached hydrogens (tertiary/aromatic N) is 3. The summed E-state index contributed by atoms with van der Waals surface area (Å²) < 4.78 is 6.80. The zero-order valence-electron chi connectivity index (χ0n) is 11.7. The van der Waals surface area contributed by atoms with Crippen molar-refractivity contribution >= 4 is 33.2 Å². The minimum absolute atomic E-state index is 0.125. The smallest absolute Gasteiger partial charge is 0.264 e. The molecule has 1 aromatic carbocycles. The van der Waals surface area contributed by atoms with Gasteiger partial charge in [0.1, 0.15) is 4.88 Å². The minimum atomic E-state index is -0.223. The third-order valence-electron chi connectivity index (χ3n) is 3.72. The Morgan fingerprint density at radius 1 is 1.23 bits per heavy atom. The van der Waals surface area contributed by atoms with Gasteiger partial charge in [0.2, 0.25) is 0 Å². The summed E-state index contributed by atoms with van der Waals surface area (Å²) in [6, 6.07) is 8.87. The Balaban J connectivity index is 1.84. The number of carbonyl (C=O) groups is 1. The number of carbonyl (C=O) groups excluding carboxylic acids is 1. The molecule has 1 amide bonds. The van der Waals surface area contributed by atoms with Gasteiger partial charge in [0.05, 0.1) is 24.2 Å². The van der Waals surface area contributed by atoms with Crippen LogP contribution in [0.3, 0.4) is 0 Å². The van der Waals surface area contributed by atoms with Crippen molar-refractivity contribution in [3.63, 3.8) is 0 Å². The Kier molecular flexibility index (Phi) is 3.16. The highest BCUT2D eigenvalue weighted by Gasteiger charge is 2.21. The van der Waals surface area contributed by atoms with Crippen LogP contribution in [-0.2, 0) is 4.74 Å². The van der Waals surface area contributed by atoms with Crippen molar-refractivity contribution < 1.29 is 9.53 Å². The van der Waals surface area contributed by atoms with Crippen LogP contribution in [0.1, 0.15) is 9.67 Å². The second-order valence-electron chi connectivity index (χ2n) is 5.07. The van der Waals surface area contributed by atoms with E-state index in [-0.39, 0.29) is 11.5 Å². The molecule has 1 fully saturated rings. The highest BCUT2D eigenvalue weighted by molar-refractivity contribution is 7.18. The summed E-state index contributed by atoms with van der Waals surface area (Å²) in [5.41, 5.74) is 1.30. The van der Waals surface area contributed by atoms with Gasteiger partial charge in [0.15, 0.2) is 4.96 Å². The van der Waals surface area contributed by atoms with E-state index in [2.05, 4.69) is 4.98 Å². The summed E-state index contributed by atoms with van der Waals surface area (Å²) >= 11 is 1.25. The van der Waals surface area contributed by atoms with E-state index in [1.807, 2.05) is 24.3 Å². The molecule has 0 unspecified atom stereocenters. The lowest BCUT2D eigenvalue weighted by Crippen LogP contribution is -2.40. The van der Waals surface area contributed by atoms with Crippen LogP contribution in [0, 0.1) is 0 Å². The summed E-state index contributed by atoms with van der Waals surface area (Å²) in [4.78, 5) is 32.1. The van der Waals surface area contributed by atoms with E-state index < -0.39 is 0 Å². The summed E-state index contributed by atoms with van der Waals surface area (Å²) in [6.45, 7) is 2.19. The fraction of sp³-hybridized carbons (Fsp3) is 0.267. The first kappa shape index (κ1) is 13.4. The lowest BCUT2D eigenvalue weighted by molar-refractivity contribution is 0.0306. The monoisotopic (exact) mass is 315 g/mol. The number of imidazole rings is 1. The molecule has 4 rings (SSSR count). The number of hydrogen-bond donors (Lipinski definition) is 0. The summed E-state index contributed by atoms with van der Waals surface area (Å²) in [5, 5.41) is 0. The first-order valence-corrected chi connectivity index (χ1v) is 7.84. The van der Waals surface area contributed by atoms with Gasteiger partial charge in [0.25, 0.3) is 11.5 Å². The normalized spacial score (nSPS) is 15.5. The molecule has 0 N–H and O–H groups in total. The van der Waals surface area contributed by atoms with Crippen LogP contribution >= 0.6 is 11.3 Å². The molecule has 7 heteroatoms. The summed E-state index contributed by atoms with van der Waals surface area (Å²) in [7, 11) is 0. The van der Waals surface area contributed by atoms with Gasteiger partial charge in [-0.15, -0.1) is 0 Å². The van der Waals surface area contributed by atoms with Crippen LogP contribution < -0.4 is 5.56 Å². The number of ether oxygens (including phenoxy) is 1. The topological polar surface area (TPSA) is 63.9 Å². The Labute approximate surface area is 129 Å². The van der Waals surface area contributed by atoms with Crippen molar-refractivity contribution in [1.82, 2.24) is 14.3 Å². The number of benzene rings is 1. The molecule has 2 aromatic heterocycles. The predicted octanol–water partition coefficient (Wildman–Crippen LogP) is 1.38. The Hall–Kier alpha value is -2.25. The zero-order chi connectivity index (χ0) is 15.1. The molecule has 22 heavy (non-hydrogen) atoms. The number of aromatic nitrogens is 2. The average molecular weight is 315 g/mol. The van der Waals surface area contributed by atoms with E-state index in [4.69, 9.17) is 4.74 Å². The van der Waals surface area contributed by atoms with Gasteiger partial charge in [-0.2, -0.15) is 0 Å². The van der Waals surface area contributed by atoms with E-state index >= 15 is 0 Å². The third-order valence-corrected chi connectivity index (χ3v) is 4.68. The van der Waals surface area contributed by atoms with Crippen LogP contribution in [0.4, 0.5) is 0 Å². The maximum absolute atomic E-state index is 12.5. The van der Waals surface area contributed by atoms with Crippen LogP contribution in [0.25, 0.3) is 16.0 Å². The minimum Gasteiger partial charge on any atom is -0.378 e. The Bertz CT molecular complexity index is 925. The number of fused-ring (bicyclic) bond motifs is 3. The molecule has 112 valence electrons. The van der Waals surface area contributed by atoms with Crippen molar-refractivity contribution in [2.75, 3.05) is 26.3 Å². The Morgan fingerprint density at radius 2 is 2.00 bits per heavy atom. The third kappa shape index (κ3) is 2.10. The van der Waals surface area contributed by atoms with Gasteiger partial charge in [-0.05, 0) is 12.1 Å². The van der Waals surface area contributed by atoms with Crippen LogP contribution in [-0.4, -0.2) is 46.5 Å². The first-order valence-electron chi connectivity index (χ1n) is 7.02. The van der Waals surface area contributed by atoms with Gasteiger partial charge in [-0.25, -0.2) is 4.98 Å². The van der Waals surface area contributed by atoms with Crippen molar-refractivity contribution in [3.05, 3.63) is 45.6 Å². The van der Waals surface area contributed by atoms with Gasteiger partial charge in [-0.1, -0.05) is 23.5 Å². The number of para-hydroxylation sites is 2. The molecular formula is C15H13N3O3S. The molecule has 0 aliphatic carbocycles. The van der Waals surface area contributed by atoms with Crippen LogP contribution in [0.5, 0.6) is 0 Å². The molecule has 1 saturated heterocycles. The maximum Gasteiger partial charge on any atom is 0.264 e. The first-order chi connectivity index (χ1) is 10.7. The van der Waals surface area contributed by atoms with Crippen LogP contribution in [0.15, 0.2) is 35.1 Å². The fourth-order valence-corrected chi connectivity index (χ4v) is 3.61. The second kappa shape index (κ2) is 5.19. The molecule has 0 bridgehead atoms. The number of rotatable bonds is 1. The van der Waals surface area contributed by atoms with Gasteiger partial charge in [-0.3, -0.25) is 14.0 Å². The molecule has 6 nitrogen and oxygen atoms in total. The van der Waals surface area contributed by atoms with Crippen molar-refractivity contribution in [2.45, 2.75) is 0 Å².